The van der Waals surface area contributed by atoms with Crippen LogP contribution in [0.3, 0.4) is 0 Å². The van der Waals surface area contributed by atoms with E-state index < -0.39 is 5.60 Å². The molecule has 4 heteroatoms. The smallest absolute Gasteiger partial charge is 0.226 e. The van der Waals surface area contributed by atoms with Crippen LogP contribution in [0.4, 0.5) is 0 Å². The van der Waals surface area contributed by atoms with Crippen molar-refractivity contribution in [1.82, 2.24) is 5.32 Å². The number of nitrogens with one attached hydrogen (secondary N) is 1. The van der Waals surface area contributed by atoms with Gasteiger partial charge in [-0.15, -0.1) is 0 Å². The summed E-state index contributed by atoms with van der Waals surface area (Å²) >= 11 is 1.88. The molecule has 1 amide bonds. The molecule has 0 aromatic rings. The van der Waals surface area contributed by atoms with Crippen LogP contribution in [-0.4, -0.2) is 34.7 Å². The average Bonchev–Trinajstić information content (AvgIpc) is 2.91. The topological polar surface area (TPSA) is 49.3 Å². The zero-order valence-corrected chi connectivity index (χ0v) is 13.0. The Balaban J connectivity index is 1.86. The van der Waals surface area contributed by atoms with Crippen molar-refractivity contribution < 1.29 is 9.90 Å². The number of carbonyl (C=O) groups excluding carboxylic acids is 1. The lowest BCUT2D eigenvalue weighted by molar-refractivity contribution is -0.133. The van der Waals surface area contributed by atoms with Crippen LogP contribution >= 0.6 is 11.8 Å². The number of hydrogen-bond donors (Lipinski definition) is 2. The second kappa shape index (κ2) is 6.04. The molecule has 3 nitrogen and oxygen atoms in total. The summed E-state index contributed by atoms with van der Waals surface area (Å²) in [5, 5.41) is 13.4. The zero-order valence-electron chi connectivity index (χ0n) is 12.2. The van der Waals surface area contributed by atoms with E-state index in [4.69, 9.17) is 0 Å². The first-order valence-corrected chi connectivity index (χ1v) is 8.68. The van der Waals surface area contributed by atoms with Gasteiger partial charge in [-0.1, -0.05) is 26.7 Å². The Morgan fingerprint density at radius 3 is 2.47 bits per heavy atom. The fraction of sp³-hybridized carbons (Fsp3) is 0.933. The molecule has 110 valence electrons. The maximum absolute atomic E-state index is 12.4. The van der Waals surface area contributed by atoms with E-state index in [-0.39, 0.29) is 11.3 Å². The minimum atomic E-state index is -0.674. The van der Waals surface area contributed by atoms with E-state index in [0.29, 0.717) is 12.5 Å². The Hall–Kier alpha value is -0.220. The summed E-state index contributed by atoms with van der Waals surface area (Å²) in [4.78, 5) is 12.4. The molecule has 0 aromatic heterocycles. The molecule has 1 saturated heterocycles. The average molecular weight is 285 g/mol. The molecule has 0 atom stereocenters. The van der Waals surface area contributed by atoms with Crippen LogP contribution in [0.25, 0.3) is 0 Å². The maximum atomic E-state index is 12.4. The van der Waals surface area contributed by atoms with Crippen LogP contribution in [0.5, 0.6) is 0 Å². The lowest BCUT2D eigenvalue weighted by Gasteiger charge is -2.35. The number of thioether (sulfide) groups is 1. The van der Waals surface area contributed by atoms with E-state index in [2.05, 4.69) is 19.2 Å². The standard InChI is InChI=1S/C15H27NO2S/c1-14(2,12-5-3-4-6-12)13(17)16-11-15(18)7-9-19-10-8-15/h12,18H,3-11H2,1-2H3,(H,16,17). The lowest BCUT2D eigenvalue weighted by atomic mass is 9.77. The highest BCUT2D eigenvalue weighted by Crippen LogP contribution is 2.39. The van der Waals surface area contributed by atoms with Gasteiger partial charge >= 0.3 is 0 Å². The Morgan fingerprint density at radius 1 is 1.32 bits per heavy atom. The van der Waals surface area contributed by atoms with Crippen LogP contribution in [0.1, 0.15) is 52.4 Å². The maximum Gasteiger partial charge on any atom is 0.226 e. The monoisotopic (exact) mass is 285 g/mol. The van der Waals surface area contributed by atoms with Crippen molar-refractivity contribution in [2.75, 3.05) is 18.1 Å². The molecule has 0 radical (unpaired) electrons. The molecule has 0 unspecified atom stereocenters. The summed E-state index contributed by atoms with van der Waals surface area (Å²) in [6, 6.07) is 0. The number of amides is 1. The van der Waals surface area contributed by atoms with Crippen molar-refractivity contribution in [3.63, 3.8) is 0 Å². The molecule has 19 heavy (non-hydrogen) atoms. The first-order chi connectivity index (χ1) is 8.94. The second-order valence-electron chi connectivity index (χ2n) is 6.72. The van der Waals surface area contributed by atoms with Gasteiger partial charge in [0, 0.05) is 12.0 Å². The van der Waals surface area contributed by atoms with E-state index in [9.17, 15) is 9.90 Å². The normalized spacial score (nSPS) is 24.4. The van der Waals surface area contributed by atoms with Crippen molar-refractivity contribution >= 4 is 17.7 Å². The summed E-state index contributed by atoms with van der Waals surface area (Å²) in [6.45, 7) is 4.53. The van der Waals surface area contributed by atoms with Gasteiger partial charge in [0.1, 0.15) is 0 Å². The van der Waals surface area contributed by atoms with Gasteiger partial charge in [-0.2, -0.15) is 11.8 Å². The molecule has 1 saturated carbocycles. The summed E-state index contributed by atoms with van der Waals surface area (Å²) in [5.74, 6) is 2.62. The Labute approximate surface area is 120 Å². The number of hydrogen-bond acceptors (Lipinski definition) is 3. The first-order valence-electron chi connectivity index (χ1n) is 7.52. The van der Waals surface area contributed by atoms with Crippen LogP contribution in [0.2, 0.25) is 0 Å². The molecule has 0 spiro atoms. The largest absolute Gasteiger partial charge is 0.388 e. The van der Waals surface area contributed by atoms with E-state index in [1.807, 2.05) is 11.8 Å². The minimum absolute atomic E-state index is 0.117. The van der Waals surface area contributed by atoms with Crippen molar-refractivity contribution in [3.05, 3.63) is 0 Å². The highest BCUT2D eigenvalue weighted by atomic mass is 32.2. The molecular formula is C15H27NO2S. The molecule has 1 aliphatic heterocycles. The molecule has 1 heterocycles. The SMILES string of the molecule is CC(C)(C(=O)NCC1(O)CCSCC1)C1CCCC1. The number of rotatable bonds is 4. The number of carbonyl (C=O) groups is 1. The van der Waals surface area contributed by atoms with E-state index in [1.165, 1.54) is 25.7 Å². The third kappa shape index (κ3) is 3.66. The van der Waals surface area contributed by atoms with Crippen molar-refractivity contribution in [2.24, 2.45) is 11.3 Å². The summed E-state index contributed by atoms with van der Waals surface area (Å²) < 4.78 is 0. The van der Waals surface area contributed by atoms with Crippen molar-refractivity contribution in [1.29, 1.82) is 0 Å². The van der Waals surface area contributed by atoms with Crippen LogP contribution in [-0.2, 0) is 4.79 Å². The molecule has 1 aliphatic carbocycles. The molecule has 2 rings (SSSR count). The molecule has 0 aromatic carbocycles. The quantitative estimate of drug-likeness (QED) is 0.834. The third-order valence-electron chi connectivity index (χ3n) is 4.96. The van der Waals surface area contributed by atoms with Crippen LogP contribution in [0.15, 0.2) is 0 Å². The van der Waals surface area contributed by atoms with E-state index >= 15 is 0 Å². The van der Waals surface area contributed by atoms with Crippen LogP contribution in [0, 0.1) is 11.3 Å². The van der Waals surface area contributed by atoms with Crippen molar-refractivity contribution in [3.8, 4) is 0 Å². The van der Waals surface area contributed by atoms with Crippen LogP contribution < -0.4 is 5.32 Å². The molecule has 2 aliphatic rings. The van der Waals surface area contributed by atoms with Gasteiger partial charge in [0.15, 0.2) is 0 Å². The second-order valence-corrected chi connectivity index (χ2v) is 7.95. The van der Waals surface area contributed by atoms with E-state index in [0.717, 1.165) is 24.3 Å². The van der Waals surface area contributed by atoms with Gasteiger partial charge in [-0.25, -0.2) is 0 Å². The minimum Gasteiger partial charge on any atom is -0.388 e. The highest BCUT2D eigenvalue weighted by molar-refractivity contribution is 7.99. The fourth-order valence-electron chi connectivity index (χ4n) is 3.23. The summed E-state index contributed by atoms with van der Waals surface area (Å²) in [7, 11) is 0. The Bertz CT molecular complexity index is 318. The predicted molar refractivity (Wildman–Crippen MR) is 80.3 cm³/mol. The lowest BCUT2D eigenvalue weighted by Crippen LogP contribution is -2.49. The van der Waals surface area contributed by atoms with E-state index in [1.54, 1.807) is 0 Å². The molecule has 2 fully saturated rings. The summed E-state index contributed by atoms with van der Waals surface area (Å²) in [6.07, 6.45) is 6.43. The van der Waals surface area contributed by atoms with Gasteiger partial charge in [-0.05, 0) is 43.1 Å². The van der Waals surface area contributed by atoms with Gasteiger partial charge in [-0.3, -0.25) is 4.79 Å². The first kappa shape index (κ1) is 15.2. The summed E-state index contributed by atoms with van der Waals surface area (Å²) in [5.41, 5.74) is -0.969. The number of aliphatic hydroxyl groups is 1. The van der Waals surface area contributed by atoms with Crippen molar-refractivity contribution in [2.45, 2.75) is 58.0 Å². The Morgan fingerprint density at radius 2 is 1.89 bits per heavy atom. The fourth-order valence-corrected chi connectivity index (χ4v) is 4.49. The van der Waals surface area contributed by atoms with Gasteiger partial charge in [0.2, 0.25) is 5.91 Å². The van der Waals surface area contributed by atoms with Gasteiger partial charge < -0.3 is 10.4 Å². The molecular weight excluding hydrogens is 258 g/mol. The molecule has 2 N–H and O–H groups in total. The third-order valence-corrected chi connectivity index (χ3v) is 5.95. The Kier molecular flexibility index (Phi) is 4.83. The predicted octanol–water partition coefficient (Wildman–Crippen LogP) is 2.58. The zero-order chi connectivity index (χ0) is 13.9. The molecule has 0 bridgehead atoms. The highest BCUT2D eigenvalue weighted by Gasteiger charge is 2.39. The van der Waals surface area contributed by atoms with Gasteiger partial charge in [0.05, 0.1) is 5.60 Å². The van der Waals surface area contributed by atoms with Gasteiger partial charge in [0.25, 0.3) is 0 Å².